The number of H-pyrrole nitrogens is 1. The van der Waals surface area contributed by atoms with Crippen LogP contribution in [-0.2, 0) is 16.1 Å². The molecule has 2 heterocycles. The summed E-state index contributed by atoms with van der Waals surface area (Å²) in [5.74, 6) is 2.40. The van der Waals surface area contributed by atoms with Crippen LogP contribution in [0.3, 0.4) is 0 Å². The molecule has 1 aromatic carbocycles. The number of hydrogen-bond acceptors (Lipinski definition) is 4. The Labute approximate surface area is 180 Å². The third kappa shape index (κ3) is 9.72. The molecular formula is C24H23FN4O2. The second kappa shape index (κ2) is 13.1. The van der Waals surface area contributed by atoms with Crippen molar-refractivity contribution in [3.63, 3.8) is 0 Å². The summed E-state index contributed by atoms with van der Waals surface area (Å²) in [6.45, 7) is 2.00. The minimum atomic E-state index is -0.312. The number of aromatic amines is 1. The molecule has 0 spiro atoms. The molecule has 2 aromatic heterocycles. The van der Waals surface area contributed by atoms with Gasteiger partial charge in [0.2, 0.25) is 5.91 Å². The van der Waals surface area contributed by atoms with Crippen molar-refractivity contribution < 1.29 is 13.9 Å². The number of nitrogens with zero attached hydrogens (tertiary/aromatic N) is 2. The van der Waals surface area contributed by atoms with Gasteiger partial charge in [0.05, 0.1) is 18.3 Å². The first-order valence-corrected chi connectivity index (χ1v) is 9.41. The topological polar surface area (TPSA) is 79.9 Å². The number of pyridine rings is 1. The van der Waals surface area contributed by atoms with Gasteiger partial charge in [0.1, 0.15) is 18.2 Å². The number of carbonyl (C=O) groups excluding carboxylic acids is 1. The zero-order valence-corrected chi connectivity index (χ0v) is 17.1. The fourth-order valence-corrected chi connectivity index (χ4v) is 2.20. The minimum absolute atomic E-state index is 0.0322. The Hall–Kier alpha value is -4.18. The van der Waals surface area contributed by atoms with Crippen LogP contribution in [0.4, 0.5) is 10.1 Å². The van der Waals surface area contributed by atoms with Crippen molar-refractivity contribution in [1.29, 1.82) is 0 Å². The maximum Gasteiger partial charge on any atom is 0.232 e. The largest absolute Gasteiger partial charge is 0.493 e. The van der Waals surface area contributed by atoms with Crippen LogP contribution in [0, 0.1) is 18.2 Å². The Morgan fingerprint density at radius 3 is 2.61 bits per heavy atom. The lowest BCUT2D eigenvalue weighted by Crippen LogP contribution is -2.13. The van der Waals surface area contributed by atoms with Gasteiger partial charge in [-0.3, -0.25) is 14.9 Å². The van der Waals surface area contributed by atoms with Crippen LogP contribution < -0.4 is 5.32 Å². The van der Waals surface area contributed by atoms with E-state index >= 15 is 0 Å². The minimum Gasteiger partial charge on any atom is -0.493 e. The number of anilines is 1. The first-order chi connectivity index (χ1) is 15.1. The lowest BCUT2D eigenvalue weighted by molar-refractivity contribution is -0.116. The van der Waals surface area contributed by atoms with Gasteiger partial charge in [-0.25, -0.2) is 4.39 Å². The van der Waals surface area contributed by atoms with Gasteiger partial charge in [-0.2, -0.15) is 5.10 Å². The Morgan fingerprint density at radius 2 is 2.03 bits per heavy atom. The van der Waals surface area contributed by atoms with Crippen molar-refractivity contribution in [3.8, 4) is 12.3 Å². The molecule has 0 aliphatic heterocycles. The van der Waals surface area contributed by atoms with Crippen molar-refractivity contribution in [1.82, 2.24) is 15.2 Å². The maximum absolute atomic E-state index is 13.0. The molecular weight excluding hydrogens is 395 g/mol. The van der Waals surface area contributed by atoms with Crippen molar-refractivity contribution in [2.45, 2.75) is 20.0 Å². The number of amides is 1. The Balaban J connectivity index is 0.000000597. The highest BCUT2D eigenvalue weighted by atomic mass is 19.1. The maximum atomic E-state index is 13.0. The van der Waals surface area contributed by atoms with Crippen LogP contribution in [-0.4, -0.2) is 21.1 Å². The Morgan fingerprint density at radius 1 is 1.23 bits per heavy atom. The zero-order valence-electron chi connectivity index (χ0n) is 17.1. The average molecular weight is 418 g/mol. The highest BCUT2D eigenvalue weighted by Crippen LogP contribution is 2.13. The van der Waals surface area contributed by atoms with Crippen LogP contribution in [0.1, 0.15) is 18.9 Å². The van der Waals surface area contributed by atoms with Crippen molar-refractivity contribution >= 4 is 11.6 Å². The van der Waals surface area contributed by atoms with E-state index in [-0.39, 0.29) is 24.8 Å². The zero-order chi connectivity index (χ0) is 22.3. The molecule has 0 atom stereocenters. The quantitative estimate of drug-likeness (QED) is 0.333. The van der Waals surface area contributed by atoms with E-state index in [9.17, 15) is 9.18 Å². The molecule has 0 aliphatic carbocycles. The molecule has 0 fully saturated rings. The average Bonchev–Trinajstić information content (AvgIpc) is 3.37. The van der Waals surface area contributed by atoms with Gasteiger partial charge < -0.3 is 10.1 Å². The lowest BCUT2D eigenvalue weighted by Gasteiger charge is -2.11. The highest BCUT2D eigenvalue weighted by molar-refractivity contribution is 5.91. The molecule has 0 bridgehead atoms. The number of rotatable bonds is 7. The normalized spacial score (nSPS) is 11.0. The second-order valence-corrected chi connectivity index (χ2v) is 6.28. The molecule has 0 aliphatic rings. The summed E-state index contributed by atoms with van der Waals surface area (Å²) in [5.41, 5.74) is 2.11. The van der Waals surface area contributed by atoms with E-state index in [1.54, 1.807) is 68.1 Å². The number of benzene rings is 1. The third-order valence-electron chi connectivity index (χ3n) is 3.77. The molecule has 158 valence electrons. The monoisotopic (exact) mass is 418 g/mol. The highest BCUT2D eigenvalue weighted by Gasteiger charge is 2.08. The summed E-state index contributed by atoms with van der Waals surface area (Å²) in [6.07, 6.45) is 15.4. The summed E-state index contributed by atoms with van der Waals surface area (Å²) in [4.78, 5) is 16.2. The smallest absolute Gasteiger partial charge is 0.232 e. The molecule has 31 heavy (non-hydrogen) atoms. The van der Waals surface area contributed by atoms with Crippen molar-refractivity contribution in [2.75, 3.05) is 5.32 Å². The van der Waals surface area contributed by atoms with E-state index < -0.39 is 0 Å². The van der Waals surface area contributed by atoms with Gasteiger partial charge in [0.25, 0.3) is 0 Å². The Kier molecular flexibility index (Phi) is 9.78. The fourth-order valence-electron chi connectivity index (χ4n) is 2.20. The molecule has 3 aromatic rings. The van der Waals surface area contributed by atoms with Gasteiger partial charge in [-0.1, -0.05) is 18.1 Å². The Bertz CT molecular complexity index is 1000. The second-order valence-electron chi connectivity index (χ2n) is 6.28. The number of hydrogen-bond donors (Lipinski definition) is 2. The number of halogens is 1. The molecule has 6 nitrogen and oxygen atoms in total. The molecule has 0 saturated carbocycles. The van der Waals surface area contributed by atoms with Crippen molar-refractivity contribution in [2.24, 2.45) is 0 Å². The molecule has 1 amide bonds. The summed E-state index contributed by atoms with van der Waals surface area (Å²) in [7, 11) is 0. The molecule has 3 rings (SSSR count). The molecule has 7 heteroatoms. The number of aromatic nitrogens is 3. The number of terminal acetylenes is 1. The number of ether oxygens (including phenoxy) is 1. The third-order valence-corrected chi connectivity index (χ3v) is 3.77. The molecule has 0 radical (unpaired) electrons. The summed E-state index contributed by atoms with van der Waals surface area (Å²) < 4.78 is 18.7. The summed E-state index contributed by atoms with van der Waals surface area (Å²) >= 11 is 0. The van der Waals surface area contributed by atoms with E-state index in [2.05, 4.69) is 26.4 Å². The van der Waals surface area contributed by atoms with Crippen LogP contribution in [0.2, 0.25) is 0 Å². The predicted octanol–water partition coefficient (Wildman–Crippen LogP) is 4.64. The molecule has 0 unspecified atom stereocenters. The van der Waals surface area contributed by atoms with Gasteiger partial charge >= 0.3 is 0 Å². The van der Waals surface area contributed by atoms with E-state index in [0.29, 0.717) is 17.0 Å². The SMILES string of the molecule is C#C/C(C)=C\C=C(/CC(=O)Nc1cccnc1)OCc1ccc(F)cc1.c1cn[nH]c1. The van der Waals surface area contributed by atoms with Gasteiger partial charge in [-0.05, 0) is 60.5 Å². The van der Waals surface area contributed by atoms with Crippen LogP contribution in [0.5, 0.6) is 0 Å². The number of carbonyl (C=O) groups is 1. The summed E-state index contributed by atoms with van der Waals surface area (Å²) in [6, 6.07) is 11.3. The first kappa shape index (κ1) is 23.1. The number of nitrogens with one attached hydrogen (secondary N) is 2. The molecule has 0 saturated heterocycles. The van der Waals surface area contributed by atoms with Gasteiger partial charge in [0.15, 0.2) is 0 Å². The van der Waals surface area contributed by atoms with E-state index in [0.717, 1.165) is 5.56 Å². The number of allylic oxidation sites excluding steroid dienone is 3. The first-order valence-electron chi connectivity index (χ1n) is 9.41. The summed E-state index contributed by atoms with van der Waals surface area (Å²) in [5, 5.41) is 8.96. The van der Waals surface area contributed by atoms with Gasteiger partial charge in [0, 0.05) is 18.6 Å². The predicted molar refractivity (Wildman–Crippen MR) is 118 cm³/mol. The lowest BCUT2D eigenvalue weighted by atomic mass is 10.2. The van der Waals surface area contributed by atoms with E-state index in [1.165, 1.54) is 12.1 Å². The van der Waals surface area contributed by atoms with E-state index in [4.69, 9.17) is 11.2 Å². The molecule has 2 N–H and O–H groups in total. The van der Waals surface area contributed by atoms with Crippen LogP contribution >= 0.6 is 0 Å². The van der Waals surface area contributed by atoms with E-state index in [1.807, 2.05) is 6.07 Å². The van der Waals surface area contributed by atoms with Crippen LogP contribution in [0.15, 0.2) is 90.7 Å². The van der Waals surface area contributed by atoms with Crippen molar-refractivity contribution in [3.05, 3.63) is 102 Å². The standard InChI is InChI=1S/C21H19FN2O2.C3H4N2/c1-3-16(2)6-11-20(26-15-17-7-9-18(22)10-8-17)13-21(25)24-19-5-4-12-23-14-19;1-2-4-5-3-1/h1,4-12,14H,13,15H2,2H3,(H,24,25);1-3H,(H,4,5)/b16-6-,20-11+;. The van der Waals surface area contributed by atoms with Gasteiger partial charge in [-0.15, -0.1) is 6.42 Å². The fraction of sp³-hybridized carbons (Fsp3) is 0.125. The van der Waals surface area contributed by atoms with Crippen LogP contribution in [0.25, 0.3) is 0 Å².